The maximum atomic E-state index is 11.9. The fourth-order valence-electron chi connectivity index (χ4n) is 2.11. The van der Waals surface area contributed by atoms with Crippen LogP contribution in [-0.2, 0) is 17.8 Å². The Labute approximate surface area is 131 Å². The van der Waals surface area contributed by atoms with E-state index in [9.17, 15) is 4.79 Å². The molecule has 0 bridgehead atoms. The second kappa shape index (κ2) is 8.03. The van der Waals surface area contributed by atoms with E-state index in [1.54, 1.807) is 0 Å². The monoisotopic (exact) mass is 295 g/mol. The van der Waals surface area contributed by atoms with Crippen molar-refractivity contribution in [2.75, 3.05) is 0 Å². The van der Waals surface area contributed by atoms with Crippen molar-refractivity contribution in [3.8, 4) is 0 Å². The highest BCUT2D eigenvalue weighted by atomic mass is 16.5. The molecule has 2 aromatic carbocycles. The summed E-state index contributed by atoms with van der Waals surface area (Å²) >= 11 is 0. The highest BCUT2D eigenvalue weighted by Gasteiger charge is 2.14. The van der Waals surface area contributed by atoms with Crippen molar-refractivity contribution in [2.45, 2.75) is 26.0 Å². The topological polar surface area (TPSA) is 38.3 Å². The van der Waals surface area contributed by atoms with Crippen molar-refractivity contribution in [3.05, 3.63) is 83.9 Å². The van der Waals surface area contributed by atoms with Crippen molar-refractivity contribution in [1.82, 2.24) is 5.32 Å². The van der Waals surface area contributed by atoms with Crippen molar-refractivity contribution in [3.63, 3.8) is 0 Å². The van der Waals surface area contributed by atoms with Gasteiger partial charge >= 0.3 is 6.09 Å². The van der Waals surface area contributed by atoms with Crippen LogP contribution in [0.4, 0.5) is 4.79 Å². The number of alkyl carbamates (subject to hydrolysis) is 1. The van der Waals surface area contributed by atoms with Crippen LogP contribution in [0, 0.1) is 0 Å². The Bertz CT molecular complexity index is 608. The molecule has 2 aromatic rings. The van der Waals surface area contributed by atoms with Gasteiger partial charge in [-0.3, -0.25) is 0 Å². The number of carbonyl (C=O) groups excluding carboxylic acids is 1. The first-order valence-electron chi connectivity index (χ1n) is 7.31. The summed E-state index contributed by atoms with van der Waals surface area (Å²) in [5, 5.41) is 2.87. The number of amides is 1. The van der Waals surface area contributed by atoms with Crippen molar-refractivity contribution >= 4 is 6.09 Å². The smallest absolute Gasteiger partial charge is 0.407 e. The Balaban J connectivity index is 1.88. The van der Waals surface area contributed by atoms with Gasteiger partial charge < -0.3 is 10.1 Å². The molecule has 114 valence electrons. The third kappa shape index (κ3) is 5.09. The molecule has 0 unspecified atom stereocenters. The van der Waals surface area contributed by atoms with E-state index in [-0.39, 0.29) is 12.6 Å². The summed E-state index contributed by atoms with van der Waals surface area (Å²) in [5.74, 6) is 0. The molecule has 0 fully saturated rings. The van der Waals surface area contributed by atoms with Gasteiger partial charge in [0.1, 0.15) is 6.61 Å². The molecule has 0 radical (unpaired) electrons. The normalized spacial score (nSPS) is 11.5. The van der Waals surface area contributed by atoms with E-state index in [0.717, 1.165) is 16.7 Å². The van der Waals surface area contributed by atoms with Crippen LogP contribution in [0.1, 0.15) is 18.1 Å². The number of carbonyl (C=O) groups is 1. The molecule has 22 heavy (non-hydrogen) atoms. The van der Waals surface area contributed by atoms with Gasteiger partial charge in [0.25, 0.3) is 0 Å². The molecule has 0 saturated carbocycles. The van der Waals surface area contributed by atoms with Gasteiger partial charge in [-0.15, -0.1) is 0 Å². The fraction of sp³-hybridized carbons (Fsp3) is 0.211. The summed E-state index contributed by atoms with van der Waals surface area (Å²) < 4.78 is 5.26. The summed E-state index contributed by atoms with van der Waals surface area (Å²) in [5.41, 5.74) is 3.02. The number of ether oxygens (including phenoxy) is 1. The summed E-state index contributed by atoms with van der Waals surface area (Å²) in [4.78, 5) is 11.9. The lowest BCUT2D eigenvalue weighted by Gasteiger charge is -2.19. The number of hydrogen-bond donors (Lipinski definition) is 1. The molecule has 0 aliphatic rings. The number of hydrogen-bond acceptors (Lipinski definition) is 2. The average Bonchev–Trinajstić information content (AvgIpc) is 2.54. The quantitative estimate of drug-likeness (QED) is 0.815. The molecule has 1 N–H and O–H groups in total. The van der Waals surface area contributed by atoms with Gasteiger partial charge in [-0.25, -0.2) is 4.79 Å². The van der Waals surface area contributed by atoms with Crippen LogP contribution in [0.3, 0.4) is 0 Å². The van der Waals surface area contributed by atoms with Crippen molar-refractivity contribution in [1.29, 1.82) is 0 Å². The summed E-state index contributed by atoms with van der Waals surface area (Å²) in [6, 6.07) is 19.5. The number of benzene rings is 2. The maximum absolute atomic E-state index is 11.9. The maximum Gasteiger partial charge on any atom is 0.407 e. The molecule has 1 amide bonds. The van der Waals surface area contributed by atoms with Gasteiger partial charge in [0.15, 0.2) is 0 Å². The lowest BCUT2D eigenvalue weighted by Crippen LogP contribution is -2.37. The summed E-state index contributed by atoms with van der Waals surface area (Å²) in [6.07, 6.45) is 0.282. The van der Waals surface area contributed by atoms with Crippen LogP contribution in [0.25, 0.3) is 0 Å². The van der Waals surface area contributed by atoms with Gasteiger partial charge in [-0.1, -0.05) is 72.8 Å². The van der Waals surface area contributed by atoms with Crippen molar-refractivity contribution in [2.24, 2.45) is 0 Å². The van der Waals surface area contributed by atoms with Crippen LogP contribution in [0.15, 0.2) is 72.8 Å². The standard InChI is InChI=1S/C19H21NO2/c1-15(2)18(13-16-9-5-3-6-10-16)20-19(21)22-14-17-11-7-4-8-12-17/h3-12,18H,1,13-14H2,2H3,(H,20,21)/t18-/m0/s1. The molecule has 0 aliphatic carbocycles. The van der Waals surface area contributed by atoms with E-state index < -0.39 is 6.09 Å². The first-order chi connectivity index (χ1) is 10.6. The number of rotatable bonds is 6. The van der Waals surface area contributed by atoms with E-state index >= 15 is 0 Å². The molecule has 1 atom stereocenters. The lowest BCUT2D eigenvalue weighted by molar-refractivity contribution is 0.137. The molecule has 0 heterocycles. The zero-order valence-corrected chi connectivity index (χ0v) is 12.8. The number of nitrogens with one attached hydrogen (secondary N) is 1. The van der Waals surface area contributed by atoms with E-state index in [1.807, 2.05) is 67.6 Å². The predicted octanol–water partition coefficient (Wildman–Crippen LogP) is 4.10. The largest absolute Gasteiger partial charge is 0.445 e. The first kappa shape index (κ1) is 15.8. The second-order valence-corrected chi connectivity index (χ2v) is 5.29. The van der Waals surface area contributed by atoms with Crippen LogP contribution < -0.4 is 5.32 Å². The van der Waals surface area contributed by atoms with Gasteiger partial charge in [0.05, 0.1) is 6.04 Å². The molecule has 0 aromatic heterocycles. The van der Waals surface area contributed by atoms with Gasteiger partial charge in [0, 0.05) is 0 Å². The highest BCUT2D eigenvalue weighted by Crippen LogP contribution is 2.09. The van der Waals surface area contributed by atoms with Gasteiger partial charge in [0.2, 0.25) is 0 Å². The minimum atomic E-state index is -0.423. The van der Waals surface area contributed by atoms with Crippen LogP contribution >= 0.6 is 0 Å². The molecule has 3 nitrogen and oxygen atoms in total. The minimum Gasteiger partial charge on any atom is -0.445 e. The Morgan fingerprint density at radius 1 is 1.05 bits per heavy atom. The van der Waals surface area contributed by atoms with Crippen molar-refractivity contribution < 1.29 is 9.53 Å². The minimum absolute atomic E-state index is 0.134. The zero-order chi connectivity index (χ0) is 15.8. The Morgan fingerprint density at radius 2 is 1.59 bits per heavy atom. The zero-order valence-electron chi connectivity index (χ0n) is 12.8. The Kier molecular flexibility index (Phi) is 5.78. The van der Waals surface area contributed by atoms with Gasteiger partial charge in [-0.2, -0.15) is 0 Å². The van der Waals surface area contributed by atoms with Crippen LogP contribution in [0.5, 0.6) is 0 Å². The van der Waals surface area contributed by atoms with Gasteiger partial charge in [-0.05, 0) is 24.5 Å². The van der Waals surface area contributed by atoms with E-state index in [2.05, 4.69) is 11.9 Å². The summed E-state index contributed by atoms with van der Waals surface area (Å²) in [7, 11) is 0. The summed E-state index contributed by atoms with van der Waals surface area (Å²) in [6.45, 7) is 6.13. The first-order valence-corrected chi connectivity index (χ1v) is 7.31. The molecule has 0 saturated heterocycles. The van der Waals surface area contributed by atoms with E-state index in [1.165, 1.54) is 0 Å². The molecule has 2 rings (SSSR count). The van der Waals surface area contributed by atoms with E-state index in [0.29, 0.717) is 6.42 Å². The fourth-order valence-corrected chi connectivity index (χ4v) is 2.11. The molecular weight excluding hydrogens is 274 g/mol. The Morgan fingerprint density at radius 3 is 2.14 bits per heavy atom. The highest BCUT2D eigenvalue weighted by molar-refractivity contribution is 5.68. The third-order valence-electron chi connectivity index (χ3n) is 3.38. The van der Waals surface area contributed by atoms with E-state index in [4.69, 9.17) is 4.74 Å². The molecule has 0 spiro atoms. The molecular formula is C19H21NO2. The second-order valence-electron chi connectivity index (χ2n) is 5.29. The average molecular weight is 295 g/mol. The lowest BCUT2D eigenvalue weighted by atomic mass is 10.0. The molecule has 0 aliphatic heterocycles. The predicted molar refractivity (Wildman–Crippen MR) is 88.5 cm³/mol. The third-order valence-corrected chi connectivity index (χ3v) is 3.38. The molecule has 3 heteroatoms. The van der Waals surface area contributed by atoms with Crippen LogP contribution in [0.2, 0.25) is 0 Å². The SMILES string of the molecule is C=C(C)[C@H](Cc1ccccc1)NC(=O)OCc1ccccc1. The Hall–Kier alpha value is -2.55. The van der Waals surface area contributed by atoms with Crippen LogP contribution in [-0.4, -0.2) is 12.1 Å².